The molecule has 0 aliphatic rings. The highest BCUT2D eigenvalue weighted by molar-refractivity contribution is 7.89. The van der Waals surface area contributed by atoms with E-state index < -0.39 is 28.5 Å². The molecule has 1 aromatic heterocycles. The number of carbonyl (C=O) groups excluding carboxylic acids is 1. The second-order valence-corrected chi connectivity index (χ2v) is 5.33. The molecular formula is C9H12F3N3O3S. The van der Waals surface area contributed by atoms with Crippen molar-refractivity contribution in [2.45, 2.75) is 23.9 Å². The Labute approximate surface area is 107 Å². The van der Waals surface area contributed by atoms with Gasteiger partial charge in [-0.15, -0.1) is 0 Å². The predicted molar refractivity (Wildman–Crippen MR) is 59.8 cm³/mol. The molecule has 1 rings (SSSR count). The zero-order valence-electron chi connectivity index (χ0n) is 9.62. The standard InChI is InChI=1S/C9H12F3N3O3S/c10-9(11,12)2-1-3-14-8(16)7-4-6(5-15-7)19(13,17)18/h4-5,15H,1-3H2,(H,14,16)(H2,13,17,18). The van der Waals surface area contributed by atoms with E-state index in [1.165, 1.54) is 0 Å². The molecule has 0 aliphatic heterocycles. The molecule has 0 aromatic carbocycles. The number of primary sulfonamides is 1. The molecule has 1 amide bonds. The molecule has 0 unspecified atom stereocenters. The average molecular weight is 299 g/mol. The van der Waals surface area contributed by atoms with Gasteiger partial charge in [0.15, 0.2) is 0 Å². The van der Waals surface area contributed by atoms with Crippen molar-refractivity contribution in [3.63, 3.8) is 0 Å². The summed E-state index contributed by atoms with van der Waals surface area (Å²) in [6.07, 6.45) is -4.49. The molecule has 10 heteroatoms. The number of amides is 1. The third-order valence-corrected chi connectivity index (χ3v) is 3.05. The number of H-pyrrole nitrogens is 1. The van der Waals surface area contributed by atoms with E-state index in [0.29, 0.717) is 0 Å². The van der Waals surface area contributed by atoms with E-state index in [4.69, 9.17) is 5.14 Å². The Kier molecular flexibility index (Phi) is 4.58. The number of halogens is 3. The summed E-state index contributed by atoms with van der Waals surface area (Å²) in [6.45, 7) is -0.165. The topological polar surface area (TPSA) is 105 Å². The van der Waals surface area contributed by atoms with Gasteiger partial charge in [-0.3, -0.25) is 4.79 Å². The number of hydrogen-bond donors (Lipinski definition) is 3. The smallest absolute Gasteiger partial charge is 0.356 e. The minimum atomic E-state index is -4.27. The van der Waals surface area contributed by atoms with Gasteiger partial charge in [-0.05, 0) is 12.5 Å². The summed E-state index contributed by atoms with van der Waals surface area (Å²) in [5.41, 5.74) is -0.0870. The van der Waals surface area contributed by atoms with Crippen LogP contribution in [0.25, 0.3) is 0 Å². The largest absolute Gasteiger partial charge is 0.389 e. The van der Waals surface area contributed by atoms with Crippen molar-refractivity contribution in [3.05, 3.63) is 18.0 Å². The van der Waals surface area contributed by atoms with Gasteiger partial charge in [0, 0.05) is 19.2 Å². The van der Waals surface area contributed by atoms with Crippen molar-refractivity contribution >= 4 is 15.9 Å². The first-order valence-corrected chi connectivity index (χ1v) is 6.70. The Hall–Kier alpha value is -1.55. The van der Waals surface area contributed by atoms with Crippen LogP contribution in [0, 0.1) is 0 Å². The lowest BCUT2D eigenvalue weighted by Crippen LogP contribution is -2.25. The first kappa shape index (κ1) is 15.5. The maximum absolute atomic E-state index is 11.8. The van der Waals surface area contributed by atoms with Crippen LogP contribution in [-0.2, 0) is 10.0 Å². The molecule has 1 aromatic rings. The number of aromatic amines is 1. The van der Waals surface area contributed by atoms with E-state index in [-0.39, 0.29) is 23.6 Å². The van der Waals surface area contributed by atoms with Crippen molar-refractivity contribution in [1.29, 1.82) is 0 Å². The van der Waals surface area contributed by atoms with Gasteiger partial charge >= 0.3 is 6.18 Å². The number of nitrogens with two attached hydrogens (primary N) is 1. The number of aromatic nitrogens is 1. The average Bonchev–Trinajstić information content (AvgIpc) is 2.71. The van der Waals surface area contributed by atoms with Crippen LogP contribution in [0.4, 0.5) is 13.2 Å². The van der Waals surface area contributed by atoms with Crippen LogP contribution >= 0.6 is 0 Å². The summed E-state index contributed by atoms with van der Waals surface area (Å²) >= 11 is 0. The third-order valence-electron chi connectivity index (χ3n) is 2.15. The third kappa shape index (κ3) is 5.30. The van der Waals surface area contributed by atoms with Crippen LogP contribution < -0.4 is 10.5 Å². The molecule has 0 fully saturated rings. The predicted octanol–water partition coefficient (Wildman–Crippen LogP) is 0.734. The van der Waals surface area contributed by atoms with Gasteiger partial charge in [0.05, 0.1) is 4.90 Å². The van der Waals surface area contributed by atoms with Gasteiger partial charge in [-0.2, -0.15) is 13.2 Å². The van der Waals surface area contributed by atoms with Crippen molar-refractivity contribution in [3.8, 4) is 0 Å². The number of rotatable bonds is 5. The first-order chi connectivity index (χ1) is 8.59. The van der Waals surface area contributed by atoms with Crippen molar-refractivity contribution in [2.24, 2.45) is 5.14 Å². The molecule has 0 saturated heterocycles. The summed E-state index contributed by atoms with van der Waals surface area (Å²) in [5, 5.41) is 7.07. The molecule has 19 heavy (non-hydrogen) atoms. The van der Waals surface area contributed by atoms with E-state index in [1.54, 1.807) is 0 Å². The first-order valence-electron chi connectivity index (χ1n) is 5.16. The Morgan fingerprint density at radius 3 is 2.53 bits per heavy atom. The minimum Gasteiger partial charge on any atom is -0.356 e. The number of sulfonamides is 1. The van der Waals surface area contributed by atoms with Crippen LogP contribution in [0.5, 0.6) is 0 Å². The molecule has 0 aliphatic carbocycles. The highest BCUT2D eigenvalue weighted by Crippen LogP contribution is 2.20. The van der Waals surface area contributed by atoms with E-state index >= 15 is 0 Å². The highest BCUT2D eigenvalue weighted by atomic mass is 32.2. The fraction of sp³-hybridized carbons (Fsp3) is 0.444. The molecule has 1 heterocycles. The van der Waals surface area contributed by atoms with E-state index in [9.17, 15) is 26.4 Å². The molecule has 6 nitrogen and oxygen atoms in total. The van der Waals surface area contributed by atoms with Gasteiger partial charge in [-0.1, -0.05) is 0 Å². The molecule has 108 valence electrons. The van der Waals surface area contributed by atoms with E-state index in [1.807, 2.05) is 0 Å². The summed E-state index contributed by atoms with van der Waals surface area (Å²) in [5.74, 6) is -0.697. The van der Waals surface area contributed by atoms with Crippen LogP contribution in [-0.4, -0.2) is 32.0 Å². The van der Waals surface area contributed by atoms with Gasteiger partial charge in [0.25, 0.3) is 5.91 Å². The summed E-state index contributed by atoms with van der Waals surface area (Å²) in [7, 11) is -3.92. The second kappa shape index (κ2) is 5.61. The minimum absolute atomic E-state index is 0.0870. The molecule has 4 N–H and O–H groups in total. The zero-order valence-corrected chi connectivity index (χ0v) is 10.4. The lowest BCUT2D eigenvalue weighted by Gasteiger charge is -2.06. The molecular weight excluding hydrogens is 287 g/mol. The fourth-order valence-corrected chi connectivity index (χ4v) is 1.76. The van der Waals surface area contributed by atoms with Gasteiger partial charge in [-0.25, -0.2) is 13.6 Å². The quantitative estimate of drug-likeness (QED) is 0.698. The van der Waals surface area contributed by atoms with E-state index in [2.05, 4.69) is 10.3 Å². The number of alkyl halides is 3. The van der Waals surface area contributed by atoms with Gasteiger partial charge in [0.2, 0.25) is 10.0 Å². The summed E-state index contributed by atoms with van der Waals surface area (Å²) < 4.78 is 57.4. The Bertz CT molecular complexity index is 551. The van der Waals surface area contributed by atoms with Crippen molar-refractivity contribution in [2.75, 3.05) is 6.54 Å². The van der Waals surface area contributed by atoms with E-state index in [0.717, 1.165) is 12.3 Å². The van der Waals surface area contributed by atoms with Gasteiger partial charge in [0.1, 0.15) is 5.69 Å². The number of nitrogens with one attached hydrogen (secondary N) is 2. The molecule has 0 spiro atoms. The van der Waals surface area contributed by atoms with Gasteiger partial charge < -0.3 is 10.3 Å². The Morgan fingerprint density at radius 2 is 2.05 bits per heavy atom. The molecule has 0 saturated carbocycles. The lowest BCUT2D eigenvalue weighted by molar-refractivity contribution is -0.135. The molecule has 0 radical (unpaired) electrons. The maximum atomic E-state index is 11.8. The summed E-state index contributed by atoms with van der Waals surface area (Å²) in [4.78, 5) is 13.6. The Balaban J connectivity index is 2.49. The molecule has 0 bridgehead atoms. The SMILES string of the molecule is NS(=O)(=O)c1c[nH]c(C(=O)NCCCC(F)(F)F)c1. The Morgan fingerprint density at radius 1 is 1.42 bits per heavy atom. The highest BCUT2D eigenvalue weighted by Gasteiger charge is 2.26. The van der Waals surface area contributed by atoms with Crippen LogP contribution in [0.3, 0.4) is 0 Å². The van der Waals surface area contributed by atoms with Crippen LogP contribution in [0.2, 0.25) is 0 Å². The second-order valence-electron chi connectivity index (χ2n) is 3.77. The van der Waals surface area contributed by atoms with Crippen LogP contribution in [0.15, 0.2) is 17.2 Å². The normalized spacial score (nSPS) is 12.4. The number of hydrogen-bond acceptors (Lipinski definition) is 3. The summed E-state index contributed by atoms with van der Waals surface area (Å²) in [6, 6.07) is 1.01. The van der Waals surface area contributed by atoms with Crippen LogP contribution in [0.1, 0.15) is 23.3 Å². The zero-order chi connectivity index (χ0) is 14.7. The van der Waals surface area contributed by atoms with Crippen molar-refractivity contribution < 1.29 is 26.4 Å². The van der Waals surface area contributed by atoms with Crippen molar-refractivity contribution in [1.82, 2.24) is 10.3 Å². The molecule has 0 atom stereocenters. The monoisotopic (exact) mass is 299 g/mol. The lowest BCUT2D eigenvalue weighted by atomic mass is 10.3. The number of carbonyl (C=O) groups is 1. The maximum Gasteiger partial charge on any atom is 0.389 e. The fourth-order valence-electron chi connectivity index (χ4n) is 1.26.